The van der Waals surface area contributed by atoms with Crippen molar-refractivity contribution in [3.8, 4) is 11.5 Å². The number of phenolic OH excluding ortho intramolecular Hbond substituents is 1. The Kier molecular flexibility index (Phi) is 10.5. The largest absolute Gasteiger partial charge is 0.508 e. The van der Waals surface area contributed by atoms with Crippen LogP contribution < -0.4 is 15.4 Å². The van der Waals surface area contributed by atoms with E-state index in [4.69, 9.17) is 9.47 Å². The molecule has 3 rings (SSSR count). The van der Waals surface area contributed by atoms with Gasteiger partial charge in [0.25, 0.3) is 5.91 Å². The van der Waals surface area contributed by atoms with Gasteiger partial charge in [-0.25, -0.2) is 4.79 Å². The zero-order valence-electron chi connectivity index (χ0n) is 23.2. The number of alkyl carbamates (subject to hydrolysis) is 1. The fraction of sp³-hybridized carbons (Fsp3) is 0.483. The number of amides is 3. The number of hydrogen-bond acceptors (Lipinski definition) is 7. The summed E-state index contributed by atoms with van der Waals surface area (Å²) in [4.78, 5) is 42.4. The van der Waals surface area contributed by atoms with Crippen molar-refractivity contribution in [2.45, 2.75) is 70.2 Å². The van der Waals surface area contributed by atoms with Gasteiger partial charge in [0, 0.05) is 11.7 Å². The smallest absolute Gasteiger partial charge is 0.408 e. The van der Waals surface area contributed by atoms with Gasteiger partial charge in [-0.05, 0) is 100 Å². The number of anilines is 1. The van der Waals surface area contributed by atoms with Crippen molar-refractivity contribution in [2.75, 3.05) is 24.4 Å². The van der Waals surface area contributed by atoms with E-state index in [0.29, 0.717) is 29.2 Å². The van der Waals surface area contributed by atoms with E-state index in [2.05, 4.69) is 10.6 Å². The van der Waals surface area contributed by atoms with Crippen LogP contribution >= 0.6 is 11.8 Å². The van der Waals surface area contributed by atoms with Gasteiger partial charge in [-0.1, -0.05) is 12.1 Å². The Morgan fingerprint density at radius 1 is 1.13 bits per heavy atom. The molecule has 1 aliphatic rings. The number of benzene rings is 2. The Morgan fingerprint density at radius 2 is 1.82 bits per heavy atom. The Morgan fingerprint density at radius 3 is 2.36 bits per heavy atom. The molecule has 1 aliphatic carbocycles. The molecule has 212 valence electrons. The first-order chi connectivity index (χ1) is 18.5. The van der Waals surface area contributed by atoms with Crippen LogP contribution in [0.4, 0.5) is 10.5 Å². The van der Waals surface area contributed by atoms with Crippen LogP contribution in [0.15, 0.2) is 48.5 Å². The third-order valence-corrected chi connectivity index (χ3v) is 7.04. The molecule has 0 radical (unpaired) electrons. The minimum atomic E-state index is -1.03. The van der Waals surface area contributed by atoms with E-state index >= 15 is 0 Å². The van der Waals surface area contributed by atoms with Crippen molar-refractivity contribution >= 4 is 35.4 Å². The number of nitrogens with zero attached hydrogens (tertiary/aromatic N) is 1. The minimum absolute atomic E-state index is 0.0124. The topological polar surface area (TPSA) is 117 Å². The maximum Gasteiger partial charge on any atom is 0.408 e. The lowest BCUT2D eigenvalue weighted by Gasteiger charge is -2.43. The fourth-order valence-corrected chi connectivity index (χ4v) is 4.80. The molecular weight excluding hydrogens is 518 g/mol. The number of carbonyl (C=O) groups excluding carboxylic acids is 3. The molecule has 1 saturated carbocycles. The number of carbonyl (C=O) groups is 3. The lowest BCUT2D eigenvalue weighted by molar-refractivity contribution is -0.145. The van der Waals surface area contributed by atoms with E-state index in [0.717, 1.165) is 19.3 Å². The molecule has 39 heavy (non-hydrogen) atoms. The van der Waals surface area contributed by atoms with Crippen LogP contribution in [0.3, 0.4) is 0 Å². The van der Waals surface area contributed by atoms with E-state index in [-0.39, 0.29) is 17.7 Å². The van der Waals surface area contributed by atoms with Gasteiger partial charge in [0.1, 0.15) is 29.2 Å². The molecule has 3 N–H and O–H groups in total. The second-order valence-corrected chi connectivity index (χ2v) is 11.5. The molecule has 0 spiro atoms. The number of phenols is 1. The van der Waals surface area contributed by atoms with Crippen LogP contribution in [0.1, 0.15) is 58.1 Å². The molecule has 0 aliphatic heterocycles. The summed E-state index contributed by atoms with van der Waals surface area (Å²) in [6.45, 7) is 5.27. The summed E-state index contributed by atoms with van der Waals surface area (Å²) in [6, 6.07) is 11.2. The van der Waals surface area contributed by atoms with Gasteiger partial charge in [-0.2, -0.15) is 11.8 Å². The number of aromatic hydroxyl groups is 1. The standard InChI is InChI=1S/C29H39N3O6S/c1-29(2,3)38-28(36)31-24(16-17-39-5)27(35)32(21-9-7-10-21)25(19-8-6-11-22(33)18-19)26(34)30-20-12-14-23(37-4)15-13-20/h6,8,11-15,18,21,24-25,33H,7,9-10,16-17H2,1-5H3,(H,30,34)(H,31,36). The average molecular weight is 558 g/mol. The van der Waals surface area contributed by atoms with Gasteiger partial charge in [0.2, 0.25) is 5.91 Å². The summed E-state index contributed by atoms with van der Waals surface area (Å²) in [5.74, 6) is 0.472. The summed E-state index contributed by atoms with van der Waals surface area (Å²) in [6.07, 6.45) is 4.01. The van der Waals surface area contributed by atoms with E-state index in [1.807, 2.05) is 6.26 Å². The molecule has 2 unspecified atom stereocenters. The number of nitrogens with one attached hydrogen (secondary N) is 2. The molecule has 2 aromatic rings. The van der Waals surface area contributed by atoms with Gasteiger partial charge in [-0.15, -0.1) is 0 Å². The number of ether oxygens (including phenoxy) is 2. The van der Waals surface area contributed by atoms with Gasteiger partial charge in [0.05, 0.1) is 7.11 Å². The number of rotatable bonds is 11. The molecule has 2 aromatic carbocycles. The number of thioether (sulfide) groups is 1. The van der Waals surface area contributed by atoms with Crippen LogP contribution in [-0.2, 0) is 14.3 Å². The summed E-state index contributed by atoms with van der Waals surface area (Å²) in [5.41, 5.74) is 0.285. The average Bonchev–Trinajstić information content (AvgIpc) is 2.84. The van der Waals surface area contributed by atoms with Gasteiger partial charge < -0.3 is 30.1 Å². The third-order valence-electron chi connectivity index (χ3n) is 6.39. The van der Waals surface area contributed by atoms with Crippen molar-refractivity contribution < 1.29 is 29.0 Å². The van der Waals surface area contributed by atoms with Crippen molar-refractivity contribution in [1.82, 2.24) is 10.2 Å². The van der Waals surface area contributed by atoms with E-state index in [1.165, 1.54) is 12.1 Å². The molecule has 10 heteroatoms. The van der Waals surface area contributed by atoms with Gasteiger partial charge >= 0.3 is 6.09 Å². The lowest BCUT2D eigenvalue weighted by atomic mass is 9.88. The molecule has 0 heterocycles. The predicted octanol–water partition coefficient (Wildman–Crippen LogP) is 5.11. The highest BCUT2D eigenvalue weighted by atomic mass is 32.2. The molecule has 9 nitrogen and oxygen atoms in total. The summed E-state index contributed by atoms with van der Waals surface area (Å²) >= 11 is 1.56. The van der Waals surface area contributed by atoms with Crippen molar-refractivity contribution in [3.05, 3.63) is 54.1 Å². The van der Waals surface area contributed by atoms with Crippen LogP contribution in [0.25, 0.3) is 0 Å². The summed E-state index contributed by atoms with van der Waals surface area (Å²) in [5, 5.41) is 15.9. The monoisotopic (exact) mass is 557 g/mol. The van der Waals surface area contributed by atoms with E-state index in [1.54, 1.807) is 80.9 Å². The van der Waals surface area contributed by atoms with E-state index < -0.39 is 29.7 Å². The van der Waals surface area contributed by atoms with E-state index in [9.17, 15) is 19.5 Å². The Balaban J connectivity index is 1.99. The first kappa shape index (κ1) is 30.1. The molecular formula is C29H39N3O6S. The SMILES string of the molecule is COc1ccc(NC(=O)C(c2cccc(O)c2)N(C(=O)C(CCSC)NC(=O)OC(C)(C)C)C2CCC2)cc1. The maximum absolute atomic E-state index is 14.2. The zero-order valence-corrected chi connectivity index (χ0v) is 24.0. The molecule has 0 aromatic heterocycles. The molecule has 0 bridgehead atoms. The quantitative estimate of drug-likeness (QED) is 0.352. The Hall–Kier alpha value is -3.40. The van der Waals surface area contributed by atoms with Gasteiger partial charge in [0.15, 0.2) is 0 Å². The molecule has 0 saturated heterocycles. The first-order valence-electron chi connectivity index (χ1n) is 13.1. The maximum atomic E-state index is 14.2. The van der Waals surface area contributed by atoms with Crippen LogP contribution in [0.5, 0.6) is 11.5 Å². The predicted molar refractivity (Wildman–Crippen MR) is 153 cm³/mol. The lowest BCUT2D eigenvalue weighted by Crippen LogP contribution is -2.57. The van der Waals surface area contributed by atoms with Crippen LogP contribution in [0, 0.1) is 0 Å². The highest BCUT2D eigenvalue weighted by Crippen LogP contribution is 2.35. The van der Waals surface area contributed by atoms with Crippen molar-refractivity contribution in [2.24, 2.45) is 0 Å². The molecule has 2 atom stereocenters. The highest BCUT2D eigenvalue weighted by molar-refractivity contribution is 7.98. The normalized spacial score (nSPS) is 14.9. The Bertz CT molecular complexity index is 1130. The minimum Gasteiger partial charge on any atom is -0.508 e. The van der Waals surface area contributed by atoms with Crippen LogP contribution in [-0.4, -0.2) is 64.7 Å². The first-order valence-corrected chi connectivity index (χ1v) is 14.5. The molecule has 3 amide bonds. The van der Waals surface area contributed by atoms with Crippen molar-refractivity contribution in [1.29, 1.82) is 0 Å². The Labute approximate surface area is 234 Å². The highest BCUT2D eigenvalue weighted by Gasteiger charge is 2.42. The summed E-state index contributed by atoms with van der Waals surface area (Å²) in [7, 11) is 1.56. The zero-order chi connectivity index (χ0) is 28.6. The van der Waals surface area contributed by atoms with Gasteiger partial charge in [-0.3, -0.25) is 9.59 Å². The second kappa shape index (κ2) is 13.6. The van der Waals surface area contributed by atoms with Crippen molar-refractivity contribution in [3.63, 3.8) is 0 Å². The number of methoxy groups -OCH3 is 1. The molecule has 1 fully saturated rings. The summed E-state index contributed by atoms with van der Waals surface area (Å²) < 4.78 is 10.6. The van der Waals surface area contributed by atoms with Crippen LogP contribution in [0.2, 0.25) is 0 Å². The third kappa shape index (κ3) is 8.54. The number of hydrogen-bond donors (Lipinski definition) is 3. The fourth-order valence-electron chi connectivity index (χ4n) is 4.32. The second-order valence-electron chi connectivity index (χ2n) is 10.5.